The Balaban J connectivity index is 2.73. The summed E-state index contributed by atoms with van der Waals surface area (Å²) in [4.78, 5) is 12.3. The summed E-state index contributed by atoms with van der Waals surface area (Å²) in [5.41, 5.74) is 0. The van der Waals surface area contributed by atoms with Gasteiger partial charge in [0.15, 0.2) is 25.0 Å². The molecule has 2 saturated heterocycles. The second-order valence-corrected chi connectivity index (χ2v) is 32.1. The molecule has 2 heterocycles. The molecule has 0 radical (unpaired) electrons. The molecule has 43 heavy (non-hydrogen) atoms. The molecule has 7 nitrogen and oxygen atoms in total. The minimum atomic E-state index is -2.31. The molecule has 0 N–H and O–H groups in total. The highest BCUT2D eigenvalue weighted by Crippen LogP contribution is 2.47. The number of ether oxygens (including phenoxy) is 3. The van der Waals surface area contributed by atoms with Crippen molar-refractivity contribution in [2.24, 2.45) is 0 Å². The maximum Gasteiger partial charge on any atom is 0.308 e. The average Bonchev–Trinajstić information content (AvgIpc) is 2.82. The van der Waals surface area contributed by atoms with Crippen LogP contribution in [0.4, 0.5) is 0 Å². The Morgan fingerprint density at radius 1 is 0.814 bits per heavy atom. The molecular formula is C32H63IO7Si3. The van der Waals surface area contributed by atoms with Crippen LogP contribution in [0.25, 0.3) is 0 Å². The topological polar surface area (TPSA) is 72.5 Å². The van der Waals surface area contributed by atoms with E-state index in [2.05, 4.69) is 130 Å². The Bertz CT molecular complexity index is 965. The molecule has 0 saturated carbocycles. The van der Waals surface area contributed by atoms with E-state index < -0.39 is 31.1 Å². The third-order valence-corrected chi connectivity index (χ3v) is 24.5. The lowest BCUT2D eigenvalue weighted by atomic mass is 9.87. The zero-order chi connectivity index (χ0) is 33.4. The Morgan fingerprint density at radius 2 is 1.30 bits per heavy atom. The molecule has 0 aliphatic carbocycles. The summed E-state index contributed by atoms with van der Waals surface area (Å²) in [6.45, 7) is 34.1. The summed E-state index contributed by atoms with van der Waals surface area (Å²) in [6, 6.07) is 0. The van der Waals surface area contributed by atoms with Crippen LogP contribution >= 0.6 is 22.6 Å². The molecule has 2 aliphatic rings. The number of carbonyl (C=O) groups excluding carboxylic acids is 1. The van der Waals surface area contributed by atoms with E-state index >= 15 is 0 Å². The molecule has 7 atom stereocenters. The highest BCUT2D eigenvalue weighted by molar-refractivity contribution is 14.1. The molecule has 0 aromatic carbocycles. The van der Waals surface area contributed by atoms with Crippen molar-refractivity contribution in [2.45, 2.75) is 179 Å². The normalized spacial score (nSPS) is 29.0. The molecule has 252 valence electrons. The van der Waals surface area contributed by atoms with Crippen molar-refractivity contribution >= 4 is 53.5 Å². The van der Waals surface area contributed by atoms with Gasteiger partial charge in [0, 0.05) is 0 Å². The lowest BCUT2D eigenvalue weighted by Gasteiger charge is -2.56. The maximum absolute atomic E-state index is 12.3. The van der Waals surface area contributed by atoms with E-state index in [1.165, 1.54) is 7.11 Å². The number of methoxy groups -OCH3 is 1. The summed E-state index contributed by atoms with van der Waals surface area (Å²) < 4.78 is 42.8. The van der Waals surface area contributed by atoms with Crippen LogP contribution in [0.3, 0.4) is 0 Å². The fraction of sp³-hybridized carbons (Fsp3) is 0.906. The summed E-state index contributed by atoms with van der Waals surface area (Å²) in [6.07, 6.45) is 1.61. The number of rotatable bonds is 10. The quantitative estimate of drug-likeness (QED) is 0.125. The van der Waals surface area contributed by atoms with Crippen LogP contribution in [0.2, 0.25) is 54.4 Å². The third kappa shape index (κ3) is 9.71. The highest BCUT2D eigenvalue weighted by atomic mass is 127. The van der Waals surface area contributed by atoms with Crippen molar-refractivity contribution in [1.29, 1.82) is 0 Å². The van der Waals surface area contributed by atoms with Gasteiger partial charge >= 0.3 is 5.97 Å². The predicted octanol–water partition coefficient (Wildman–Crippen LogP) is 8.98. The van der Waals surface area contributed by atoms with E-state index in [1.54, 1.807) is 0 Å². The molecule has 0 bridgehead atoms. The molecule has 2 aliphatic heterocycles. The number of halogens is 1. The minimum absolute atomic E-state index is 0.0168. The fourth-order valence-electron chi connectivity index (χ4n) is 4.77. The first-order valence-corrected chi connectivity index (χ1v) is 25.9. The van der Waals surface area contributed by atoms with Crippen molar-refractivity contribution in [3.8, 4) is 0 Å². The number of esters is 1. The van der Waals surface area contributed by atoms with Gasteiger partial charge in [0.1, 0.15) is 24.4 Å². The van der Waals surface area contributed by atoms with Gasteiger partial charge in [-0.25, -0.2) is 0 Å². The van der Waals surface area contributed by atoms with Crippen molar-refractivity contribution in [1.82, 2.24) is 0 Å². The molecule has 2 fully saturated rings. The SMILES string of the molecule is COC(=O)C[C@H]1CC[C@@H]2OC([C@H](/C=C/I)O[Si](C)(C)C(C)(C)C)[C@@H](O[Si](C)(C)C(C)(C)C)[C@@H](O[Si](C)(C)C(C)(C)C)[C@H]2O1. The minimum Gasteiger partial charge on any atom is -0.469 e. The average molecular weight is 771 g/mol. The fourth-order valence-corrected chi connectivity index (χ4v) is 9.03. The van der Waals surface area contributed by atoms with Crippen molar-refractivity contribution in [3.63, 3.8) is 0 Å². The highest BCUT2D eigenvalue weighted by Gasteiger charge is 2.57. The van der Waals surface area contributed by atoms with Crippen LogP contribution in [-0.2, 0) is 32.3 Å². The van der Waals surface area contributed by atoms with Gasteiger partial charge in [-0.15, -0.1) is 0 Å². The van der Waals surface area contributed by atoms with E-state index in [9.17, 15) is 4.79 Å². The zero-order valence-electron chi connectivity index (χ0n) is 30.1. The van der Waals surface area contributed by atoms with Crippen LogP contribution in [-0.4, -0.2) is 80.8 Å². The molecular weight excluding hydrogens is 708 g/mol. The van der Waals surface area contributed by atoms with Gasteiger partial charge in [-0.05, 0) is 77.4 Å². The lowest BCUT2D eigenvalue weighted by molar-refractivity contribution is -0.266. The van der Waals surface area contributed by atoms with Crippen molar-refractivity contribution in [2.75, 3.05) is 7.11 Å². The maximum atomic E-state index is 12.3. The van der Waals surface area contributed by atoms with Crippen molar-refractivity contribution in [3.05, 3.63) is 10.2 Å². The number of hydrogen-bond acceptors (Lipinski definition) is 7. The van der Waals surface area contributed by atoms with Gasteiger partial charge in [0.25, 0.3) is 0 Å². The molecule has 0 aromatic heterocycles. The van der Waals surface area contributed by atoms with Crippen LogP contribution in [0, 0.1) is 0 Å². The summed E-state index contributed by atoms with van der Waals surface area (Å²) in [5.74, 6) is -0.260. The second-order valence-electron chi connectivity index (χ2n) is 17.1. The van der Waals surface area contributed by atoms with Gasteiger partial charge in [-0.2, -0.15) is 0 Å². The Kier molecular flexibility index (Phi) is 13.1. The monoisotopic (exact) mass is 770 g/mol. The first kappa shape index (κ1) is 39.6. The van der Waals surface area contributed by atoms with E-state index in [-0.39, 0.29) is 64.1 Å². The van der Waals surface area contributed by atoms with Crippen LogP contribution in [0.15, 0.2) is 10.2 Å². The Hall–Kier alpha value is 0.391. The second kappa shape index (κ2) is 14.2. The molecule has 11 heteroatoms. The molecule has 0 amide bonds. The number of fused-ring (bicyclic) bond motifs is 1. The summed E-state index contributed by atoms with van der Waals surface area (Å²) in [7, 11) is -5.36. The summed E-state index contributed by atoms with van der Waals surface area (Å²) >= 11 is 2.29. The Morgan fingerprint density at radius 3 is 1.74 bits per heavy atom. The predicted molar refractivity (Wildman–Crippen MR) is 193 cm³/mol. The van der Waals surface area contributed by atoms with E-state index in [0.29, 0.717) is 0 Å². The summed E-state index contributed by atoms with van der Waals surface area (Å²) in [5, 5.41) is -0.00778. The molecule has 0 spiro atoms. The number of hydrogen-bond donors (Lipinski definition) is 0. The van der Waals surface area contributed by atoms with E-state index in [4.69, 9.17) is 27.5 Å². The van der Waals surface area contributed by atoms with Gasteiger partial charge < -0.3 is 27.5 Å². The van der Waals surface area contributed by atoms with Gasteiger partial charge in [-0.3, -0.25) is 4.79 Å². The molecule has 0 aromatic rings. The van der Waals surface area contributed by atoms with Crippen molar-refractivity contribution < 1.29 is 32.3 Å². The smallest absolute Gasteiger partial charge is 0.308 e. The third-order valence-electron chi connectivity index (χ3n) is 10.7. The first-order chi connectivity index (χ1) is 19.3. The van der Waals surface area contributed by atoms with Crippen LogP contribution in [0.5, 0.6) is 0 Å². The van der Waals surface area contributed by atoms with E-state index in [1.807, 2.05) is 4.08 Å². The van der Waals surface area contributed by atoms with Gasteiger partial charge in [0.2, 0.25) is 0 Å². The van der Waals surface area contributed by atoms with E-state index in [0.717, 1.165) is 12.8 Å². The lowest BCUT2D eigenvalue weighted by Crippen LogP contribution is -2.69. The molecule has 1 unspecified atom stereocenters. The van der Waals surface area contributed by atoms with Gasteiger partial charge in [-0.1, -0.05) is 84.9 Å². The Labute approximate surface area is 280 Å². The molecule has 2 rings (SSSR count). The first-order valence-electron chi connectivity index (χ1n) is 16.0. The largest absolute Gasteiger partial charge is 0.469 e. The zero-order valence-corrected chi connectivity index (χ0v) is 35.2. The van der Waals surface area contributed by atoms with Crippen LogP contribution in [0.1, 0.15) is 81.6 Å². The standard InChI is InChI=1S/C32H63IO7Si3/c1-30(2,3)41(11,12)38-24(19-20-33)27-29(40-43(15,16)32(7,8)9)28(39-42(13,14)31(4,5)6)26-23(37-27)18-17-22(36-26)21-25(34)35-10/h19-20,22-24,26-29H,17-18,21H2,1-16H3/b20-19+/t22-,23+,24+,26+,27?,28+,29-/m1/s1. The van der Waals surface area contributed by atoms with Crippen LogP contribution < -0.4 is 0 Å². The van der Waals surface area contributed by atoms with Gasteiger partial charge in [0.05, 0.1) is 31.8 Å². The number of carbonyl (C=O) groups is 1.